The second kappa shape index (κ2) is 5.97. The van der Waals surface area contributed by atoms with Crippen molar-refractivity contribution in [3.8, 4) is 0 Å². The monoisotopic (exact) mass is 232 g/mol. The molecule has 2 unspecified atom stereocenters. The molecule has 4 N–H and O–H groups in total. The van der Waals surface area contributed by atoms with E-state index in [2.05, 4.69) is 5.32 Å². The van der Waals surface area contributed by atoms with E-state index in [1.807, 2.05) is 0 Å². The molecule has 1 saturated heterocycles. The van der Waals surface area contributed by atoms with Crippen LogP contribution in [-0.4, -0.2) is 40.6 Å². The van der Waals surface area contributed by atoms with E-state index in [1.54, 1.807) is 11.8 Å². The molecule has 5 nitrogen and oxygen atoms in total. The van der Waals surface area contributed by atoms with Gasteiger partial charge in [-0.25, -0.2) is 0 Å². The van der Waals surface area contributed by atoms with Gasteiger partial charge in [0.2, 0.25) is 5.91 Å². The lowest BCUT2D eigenvalue weighted by Crippen LogP contribution is -2.31. The number of carboxylic acids is 1. The number of aliphatic carboxylic acids is 1. The van der Waals surface area contributed by atoms with Crippen LogP contribution in [0.15, 0.2) is 0 Å². The smallest absolute Gasteiger partial charge is 0.320 e. The predicted molar refractivity (Wildman–Crippen MR) is 58.7 cm³/mol. The van der Waals surface area contributed by atoms with E-state index in [9.17, 15) is 9.59 Å². The largest absolute Gasteiger partial charge is 0.480 e. The molecule has 1 amide bonds. The Morgan fingerprint density at radius 1 is 1.73 bits per heavy atom. The molecule has 15 heavy (non-hydrogen) atoms. The van der Waals surface area contributed by atoms with Crippen LogP contribution >= 0.6 is 11.8 Å². The zero-order chi connectivity index (χ0) is 11.3. The highest BCUT2D eigenvalue weighted by atomic mass is 32.2. The molecule has 1 aliphatic rings. The molecule has 0 bridgehead atoms. The summed E-state index contributed by atoms with van der Waals surface area (Å²) in [5, 5.41) is 11.4. The normalized spacial score (nSPS) is 22.5. The topological polar surface area (TPSA) is 92.4 Å². The SMILES string of the molecule is NC(CCSCC1CCC(=O)N1)C(=O)O. The summed E-state index contributed by atoms with van der Waals surface area (Å²) in [6, 6.07) is -0.515. The van der Waals surface area contributed by atoms with Crippen LogP contribution in [0, 0.1) is 0 Å². The van der Waals surface area contributed by atoms with Gasteiger partial charge in [0, 0.05) is 18.2 Å². The van der Waals surface area contributed by atoms with Gasteiger partial charge in [-0.15, -0.1) is 0 Å². The van der Waals surface area contributed by atoms with Gasteiger partial charge in [0.25, 0.3) is 0 Å². The fourth-order valence-corrected chi connectivity index (χ4v) is 2.48. The predicted octanol–water partition coefficient (Wildman–Crippen LogP) is -0.200. The van der Waals surface area contributed by atoms with E-state index in [-0.39, 0.29) is 11.9 Å². The van der Waals surface area contributed by atoms with Gasteiger partial charge in [0.15, 0.2) is 0 Å². The van der Waals surface area contributed by atoms with Crippen molar-refractivity contribution >= 4 is 23.6 Å². The van der Waals surface area contributed by atoms with Crippen LogP contribution in [0.4, 0.5) is 0 Å². The molecule has 0 aromatic heterocycles. The number of rotatable bonds is 6. The maximum atomic E-state index is 10.9. The van der Waals surface area contributed by atoms with Crippen molar-refractivity contribution in [3.63, 3.8) is 0 Å². The van der Waals surface area contributed by atoms with Crippen LogP contribution < -0.4 is 11.1 Å². The van der Waals surface area contributed by atoms with Crippen LogP contribution in [0.25, 0.3) is 0 Å². The molecule has 0 aromatic rings. The molecule has 0 saturated carbocycles. The molecule has 0 radical (unpaired) electrons. The van der Waals surface area contributed by atoms with Crippen molar-refractivity contribution < 1.29 is 14.7 Å². The highest BCUT2D eigenvalue weighted by Gasteiger charge is 2.20. The Labute approximate surface area is 92.8 Å². The minimum atomic E-state index is -0.954. The number of carbonyl (C=O) groups excluding carboxylic acids is 1. The first-order valence-corrected chi connectivity index (χ1v) is 6.10. The summed E-state index contributed by atoms with van der Waals surface area (Å²) in [5.74, 6) is 0.727. The van der Waals surface area contributed by atoms with Gasteiger partial charge in [-0.1, -0.05) is 0 Å². The van der Waals surface area contributed by atoms with Gasteiger partial charge in [-0.3, -0.25) is 9.59 Å². The zero-order valence-corrected chi connectivity index (χ0v) is 9.26. The number of carboxylic acid groups (broad SMARTS) is 1. The van der Waals surface area contributed by atoms with Crippen molar-refractivity contribution in [2.75, 3.05) is 11.5 Å². The minimum Gasteiger partial charge on any atom is -0.480 e. The van der Waals surface area contributed by atoms with E-state index in [1.165, 1.54) is 0 Å². The molecule has 0 spiro atoms. The number of hydrogen-bond donors (Lipinski definition) is 3. The zero-order valence-electron chi connectivity index (χ0n) is 8.44. The molecular formula is C9H16N2O3S. The van der Waals surface area contributed by atoms with E-state index >= 15 is 0 Å². The Morgan fingerprint density at radius 3 is 3.00 bits per heavy atom. The third-order valence-electron chi connectivity index (χ3n) is 2.29. The summed E-state index contributed by atoms with van der Waals surface area (Å²) in [6.07, 6.45) is 1.97. The lowest BCUT2D eigenvalue weighted by molar-refractivity contribution is -0.138. The van der Waals surface area contributed by atoms with Crippen LogP contribution in [0.1, 0.15) is 19.3 Å². The van der Waals surface area contributed by atoms with Gasteiger partial charge >= 0.3 is 5.97 Å². The summed E-state index contributed by atoms with van der Waals surface area (Å²) in [7, 11) is 0. The van der Waals surface area contributed by atoms with Gasteiger partial charge in [-0.2, -0.15) is 11.8 Å². The van der Waals surface area contributed by atoms with Gasteiger partial charge in [-0.05, 0) is 18.6 Å². The van der Waals surface area contributed by atoms with Crippen LogP contribution in [0.2, 0.25) is 0 Å². The molecule has 0 aliphatic carbocycles. The highest BCUT2D eigenvalue weighted by Crippen LogP contribution is 2.13. The van der Waals surface area contributed by atoms with Crippen molar-refractivity contribution in [3.05, 3.63) is 0 Å². The molecule has 1 aliphatic heterocycles. The Kier molecular flexibility index (Phi) is 4.90. The maximum Gasteiger partial charge on any atom is 0.320 e. The summed E-state index contributed by atoms with van der Waals surface area (Å²) in [4.78, 5) is 21.3. The average Bonchev–Trinajstić information content (AvgIpc) is 2.58. The fraction of sp³-hybridized carbons (Fsp3) is 0.778. The first kappa shape index (κ1) is 12.3. The molecule has 6 heteroatoms. The van der Waals surface area contributed by atoms with E-state index < -0.39 is 12.0 Å². The maximum absolute atomic E-state index is 10.9. The van der Waals surface area contributed by atoms with Crippen molar-refractivity contribution in [1.82, 2.24) is 5.32 Å². The standard InChI is InChI=1S/C9H16N2O3S/c10-7(9(13)14)3-4-15-5-6-1-2-8(12)11-6/h6-7H,1-5,10H2,(H,11,12)(H,13,14). The van der Waals surface area contributed by atoms with Crippen molar-refractivity contribution in [1.29, 1.82) is 0 Å². The molecule has 0 aromatic carbocycles. The molecule has 2 atom stereocenters. The van der Waals surface area contributed by atoms with Gasteiger partial charge in [0.05, 0.1) is 0 Å². The molecule has 86 valence electrons. The summed E-state index contributed by atoms with van der Waals surface area (Å²) < 4.78 is 0. The minimum absolute atomic E-state index is 0.114. The molecule has 1 fully saturated rings. The molecular weight excluding hydrogens is 216 g/mol. The fourth-order valence-electron chi connectivity index (χ4n) is 1.36. The summed E-state index contributed by atoms with van der Waals surface area (Å²) >= 11 is 1.64. The lowest BCUT2D eigenvalue weighted by Gasteiger charge is -2.10. The Balaban J connectivity index is 2.02. The van der Waals surface area contributed by atoms with Crippen LogP contribution in [0.5, 0.6) is 0 Å². The summed E-state index contributed by atoms with van der Waals surface area (Å²) in [6.45, 7) is 0. The quantitative estimate of drug-likeness (QED) is 0.552. The number of hydrogen-bond acceptors (Lipinski definition) is 4. The Morgan fingerprint density at radius 2 is 2.47 bits per heavy atom. The first-order valence-electron chi connectivity index (χ1n) is 4.95. The number of amides is 1. The Hall–Kier alpha value is -0.750. The van der Waals surface area contributed by atoms with E-state index in [0.717, 1.165) is 17.9 Å². The molecule has 1 heterocycles. The third-order valence-corrected chi connectivity index (χ3v) is 3.46. The first-order chi connectivity index (χ1) is 7.09. The van der Waals surface area contributed by atoms with E-state index in [0.29, 0.717) is 12.8 Å². The number of carbonyl (C=O) groups is 2. The molecule has 1 rings (SSSR count). The lowest BCUT2D eigenvalue weighted by atomic mass is 10.2. The van der Waals surface area contributed by atoms with Crippen molar-refractivity contribution in [2.45, 2.75) is 31.3 Å². The third kappa shape index (κ3) is 4.53. The number of nitrogens with one attached hydrogen (secondary N) is 1. The van der Waals surface area contributed by atoms with Crippen molar-refractivity contribution in [2.24, 2.45) is 5.73 Å². The summed E-state index contributed by atoms with van der Waals surface area (Å²) in [5.41, 5.74) is 5.35. The second-order valence-electron chi connectivity index (χ2n) is 3.61. The van der Waals surface area contributed by atoms with Crippen LogP contribution in [0.3, 0.4) is 0 Å². The van der Waals surface area contributed by atoms with Gasteiger partial charge in [0.1, 0.15) is 6.04 Å². The van der Waals surface area contributed by atoms with Gasteiger partial charge < -0.3 is 16.2 Å². The highest BCUT2D eigenvalue weighted by molar-refractivity contribution is 7.99. The number of nitrogens with two attached hydrogens (primary N) is 1. The average molecular weight is 232 g/mol. The second-order valence-corrected chi connectivity index (χ2v) is 4.76. The number of thioether (sulfide) groups is 1. The van der Waals surface area contributed by atoms with Crippen LogP contribution in [-0.2, 0) is 9.59 Å². The van der Waals surface area contributed by atoms with E-state index in [4.69, 9.17) is 10.8 Å². The Bertz CT molecular complexity index is 248.